The molecule has 0 saturated carbocycles. The van der Waals surface area contributed by atoms with E-state index in [4.69, 9.17) is 9.63 Å². The van der Waals surface area contributed by atoms with Crippen molar-refractivity contribution >= 4 is 33.2 Å². The highest BCUT2D eigenvalue weighted by molar-refractivity contribution is 9.10. The van der Waals surface area contributed by atoms with Gasteiger partial charge in [-0.1, -0.05) is 5.16 Å². The largest absolute Gasteiger partial charge is 0.476 e. The molecule has 0 aliphatic carbocycles. The van der Waals surface area contributed by atoms with E-state index in [-0.39, 0.29) is 5.69 Å². The SMILES string of the molecule is O=C(O)c1cc(-c2sccc2Br)on1. The van der Waals surface area contributed by atoms with Gasteiger partial charge in [0.25, 0.3) is 0 Å². The Hall–Kier alpha value is -1.14. The van der Waals surface area contributed by atoms with Crippen molar-refractivity contribution in [3.63, 3.8) is 0 Å². The molecule has 0 amide bonds. The number of hydrogen-bond acceptors (Lipinski definition) is 4. The maximum atomic E-state index is 10.5. The Morgan fingerprint density at radius 3 is 2.93 bits per heavy atom. The molecular formula is C8H4BrNO3S. The van der Waals surface area contributed by atoms with Gasteiger partial charge in [0, 0.05) is 10.5 Å². The van der Waals surface area contributed by atoms with E-state index in [2.05, 4.69) is 21.1 Å². The van der Waals surface area contributed by atoms with Crippen LogP contribution in [0.25, 0.3) is 10.6 Å². The normalized spacial score (nSPS) is 10.4. The fourth-order valence-electron chi connectivity index (χ4n) is 0.953. The summed E-state index contributed by atoms with van der Waals surface area (Å²) in [6, 6.07) is 3.27. The number of thiophene rings is 1. The maximum Gasteiger partial charge on any atom is 0.358 e. The second-order valence-corrected chi connectivity index (χ2v) is 4.25. The molecule has 0 spiro atoms. The van der Waals surface area contributed by atoms with Gasteiger partial charge in [0.2, 0.25) is 0 Å². The number of carbonyl (C=O) groups is 1. The minimum Gasteiger partial charge on any atom is -0.476 e. The number of hydrogen-bond donors (Lipinski definition) is 1. The summed E-state index contributed by atoms with van der Waals surface area (Å²) in [4.78, 5) is 11.4. The van der Waals surface area contributed by atoms with Crippen LogP contribution >= 0.6 is 27.3 Å². The number of aromatic carboxylic acids is 1. The van der Waals surface area contributed by atoms with Crippen LogP contribution in [-0.4, -0.2) is 16.2 Å². The highest BCUT2D eigenvalue weighted by Crippen LogP contribution is 2.33. The third-order valence-corrected chi connectivity index (χ3v) is 3.42. The summed E-state index contributed by atoms with van der Waals surface area (Å²) >= 11 is 4.78. The van der Waals surface area contributed by atoms with Gasteiger partial charge in [-0.2, -0.15) is 0 Å². The quantitative estimate of drug-likeness (QED) is 0.914. The summed E-state index contributed by atoms with van der Waals surface area (Å²) in [6.07, 6.45) is 0. The monoisotopic (exact) mass is 273 g/mol. The van der Waals surface area contributed by atoms with E-state index in [0.717, 1.165) is 9.35 Å². The van der Waals surface area contributed by atoms with Gasteiger partial charge in [-0.25, -0.2) is 4.79 Å². The Bertz CT molecular complexity index is 476. The van der Waals surface area contributed by atoms with Gasteiger partial charge in [0.05, 0.1) is 4.88 Å². The molecule has 0 bridgehead atoms. The summed E-state index contributed by atoms with van der Waals surface area (Å²) in [6.45, 7) is 0. The molecule has 2 aromatic heterocycles. The van der Waals surface area contributed by atoms with Crippen LogP contribution in [0.2, 0.25) is 0 Å². The van der Waals surface area contributed by atoms with Crippen molar-refractivity contribution < 1.29 is 14.4 Å². The summed E-state index contributed by atoms with van der Waals surface area (Å²) < 4.78 is 5.77. The second-order valence-electron chi connectivity index (χ2n) is 2.48. The zero-order valence-electron chi connectivity index (χ0n) is 6.73. The van der Waals surface area contributed by atoms with E-state index in [0.29, 0.717) is 5.76 Å². The first-order valence-electron chi connectivity index (χ1n) is 3.62. The van der Waals surface area contributed by atoms with E-state index < -0.39 is 5.97 Å². The van der Waals surface area contributed by atoms with Gasteiger partial charge in [0.1, 0.15) is 0 Å². The van der Waals surface area contributed by atoms with Crippen molar-refractivity contribution in [1.29, 1.82) is 0 Å². The fourth-order valence-corrected chi connectivity index (χ4v) is 2.47. The van der Waals surface area contributed by atoms with E-state index in [9.17, 15) is 4.79 Å². The van der Waals surface area contributed by atoms with Crippen molar-refractivity contribution in [2.75, 3.05) is 0 Å². The van der Waals surface area contributed by atoms with Gasteiger partial charge in [0.15, 0.2) is 11.5 Å². The Labute approximate surface area is 91.3 Å². The highest BCUT2D eigenvalue weighted by Gasteiger charge is 2.14. The molecule has 0 radical (unpaired) electrons. The molecule has 0 fully saturated rings. The molecular weight excluding hydrogens is 270 g/mol. The smallest absolute Gasteiger partial charge is 0.358 e. The first-order chi connectivity index (χ1) is 6.68. The maximum absolute atomic E-state index is 10.5. The Morgan fingerprint density at radius 2 is 2.43 bits per heavy atom. The minimum atomic E-state index is -1.09. The van der Waals surface area contributed by atoms with E-state index >= 15 is 0 Å². The lowest BCUT2D eigenvalue weighted by Gasteiger charge is -1.87. The van der Waals surface area contributed by atoms with Gasteiger partial charge in [-0.15, -0.1) is 11.3 Å². The lowest BCUT2D eigenvalue weighted by atomic mass is 10.3. The standard InChI is InChI=1S/C8H4BrNO3S/c9-4-1-2-14-7(4)6-3-5(8(11)12)10-13-6/h1-3H,(H,11,12). The number of aromatic nitrogens is 1. The lowest BCUT2D eigenvalue weighted by molar-refractivity contribution is 0.0686. The first-order valence-corrected chi connectivity index (χ1v) is 5.29. The Kier molecular flexibility index (Phi) is 2.39. The van der Waals surface area contributed by atoms with Crippen LogP contribution in [-0.2, 0) is 0 Å². The predicted octanol–water partition coefficient (Wildman–Crippen LogP) is 2.86. The third-order valence-electron chi connectivity index (χ3n) is 1.57. The zero-order chi connectivity index (χ0) is 10.1. The number of rotatable bonds is 2. The van der Waals surface area contributed by atoms with Crippen LogP contribution < -0.4 is 0 Å². The molecule has 14 heavy (non-hydrogen) atoms. The highest BCUT2D eigenvalue weighted by atomic mass is 79.9. The summed E-state index contributed by atoms with van der Waals surface area (Å²) in [5.41, 5.74) is -0.0831. The van der Waals surface area contributed by atoms with Gasteiger partial charge in [-0.3, -0.25) is 0 Å². The molecule has 0 aliphatic rings. The molecule has 6 heteroatoms. The zero-order valence-corrected chi connectivity index (χ0v) is 9.13. The number of carboxylic acids is 1. The van der Waals surface area contributed by atoms with Crippen LogP contribution in [0.4, 0.5) is 0 Å². The summed E-state index contributed by atoms with van der Waals surface area (Å²) in [5.74, 6) is -0.628. The Morgan fingerprint density at radius 1 is 1.64 bits per heavy atom. The van der Waals surface area contributed by atoms with Gasteiger partial charge >= 0.3 is 5.97 Å². The summed E-state index contributed by atoms with van der Waals surface area (Å²) in [5, 5.41) is 13.9. The van der Waals surface area contributed by atoms with Crippen molar-refractivity contribution in [3.8, 4) is 10.6 Å². The number of halogens is 1. The Balaban J connectivity index is 2.43. The van der Waals surface area contributed by atoms with Crippen LogP contribution in [0, 0.1) is 0 Å². The van der Waals surface area contributed by atoms with Gasteiger partial charge < -0.3 is 9.63 Å². The average molecular weight is 274 g/mol. The van der Waals surface area contributed by atoms with Crippen LogP contribution in [0.3, 0.4) is 0 Å². The molecule has 0 aromatic carbocycles. The molecule has 0 saturated heterocycles. The van der Waals surface area contributed by atoms with Crippen molar-refractivity contribution in [2.45, 2.75) is 0 Å². The second kappa shape index (κ2) is 3.55. The molecule has 4 nitrogen and oxygen atoms in total. The van der Waals surface area contributed by atoms with Crippen molar-refractivity contribution in [1.82, 2.24) is 5.16 Å². The van der Waals surface area contributed by atoms with Crippen molar-refractivity contribution in [3.05, 3.63) is 27.7 Å². The van der Waals surface area contributed by atoms with Crippen LogP contribution in [0.5, 0.6) is 0 Å². The van der Waals surface area contributed by atoms with Crippen molar-refractivity contribution in [2.24, 2.45) is 0 Å². The molecule has 2 heterocycles. The summed E-state index contributed by atoms with van der Waals surface area (Å²) in [7, 11) is 0. The van der Waals surface area contributed by atoms with Gasteiger partial charge in [-0.05, 0) is 27.4 Å². The minimum absolute atomic E-state index is 0.0831. The molecule has 2 rings (SSSR count). The lowest BCUT2D eigenvalue weighted by Crippen LogP contribution is -1.94. The molecule has 1 N–H and O–H groups in total. The molecule has 0 unspecified atom stereocenters. The van der Waals surface area contributed by atoms with Crippen LogP contribution in [0.1, 0.15) is 10.5 Å². The van der Waals surface area contributed by atoms with Crippen LogP contribution in [0.15, 0.2) is 26.5 Å². The molecule has 0 aliphatic heterocycles. The average Bonchev–Trinajstić information content (AvgIpc) is 2.71. The van der Waals surface area contributed by atoms with E-state index in [1.807, 2.05) is 11.4 Å². The number of carboxylic acid groups (broad SMARTS) is 1. The topological polar surface area (TPSA) is 63.3 Å². The molecule has 72 valence electrons. The third kappa shape index (κ3) is 1.58. The molecule has 2 aromatic rings. The molecule has 0 atom stereocenters. The number of nitrogens with zero attached hydrogens (tertiary/aromatic N) is 1. The van der Waals surface area contributed by atoms with E-state index in [1.165, 1.54) is 17.4 Å². The predicted molar refractivity (Wildman–Crippen MR) is 54.5 cm³/mol. The van der Waals surface area contributed by atoms with E-state index in [1.54, 1.807) is 0 Å². The fraction of sp³-hybridized carbons (Fsp3) is 0. The first kappa shape index (κ1) is 9.42.